The lowest BCUT2D eigenvalue weighted by Gasteiger charge is -2.34. The molecule has 0 aliphatic heterocycles. The van der Waals surface area contributed by atoms with E-state index in [0.29, 0.717) is 30.6 Å². The van der Waals surface area contributed by atoms with Crippen LogP contribution in [-0.2, 0) is 10.2 Å². The molecule has 0 aliphatic carbocycles. The molecular formula is C30H34F6O5. The molecule has 0 fully saturated rings. The van der Waals surface area contributed by atoms with Crippen molar-refractivity contribution in [2.75, 3.05) is 6.61 Å². The Balaban J connectivity index is 2.36. The molecule has 0 spiro atoms. The SMILES string of the molecule is CCC(CC)(c1ccc(C#CC(O)(C(F)(F)F)C(F)(F)F)c(C)c1)c1ccc(OC[C@@H](O)CCCC(=O)O)c(C)c1. The van der Waals surface area contributed by atoms with E-state index in [0.717, 1.165) is 22.6 Å². The van der Waals surface area contributed by atoms with Crippen molar-refractivity contribution in [3.63, 3.8) is 0 Å². The molecule has 0 aromatic heterocycles. The molecule has 5 nitrogen and oxygen atoms in total. The van der Waals surface area contributed by atoms with Gasteiger partial charge in [0.2, 0.25) is 0 Å². The summed E-state index contributed by atoms with van der Waals surface area (Å²) in [5.74, 6) is 2.47. The Kier molecular flexibility index (Phi) is 10.9. The molecule has 0 saturated heterocycles. The molecule has 0 bridgehead atoms. The summed E-state index contributed by atoms with van der Waals surface area (Å²) in [6.07, 6.45) is -11.1. The highest BCUT2D eigenvalue weighted by Crippen LogP contribution is 2.43. The van der Waals surface area contributed by atoms with Gasteiger partial charge in [0.25, 0.3) is 0 Å². The summed E-state index contributed by atoms with van der Waals surface area (Å²) in [6.45, 7) is 7.27. The Morgan fingerprint density at radius 2 is 1.46 bits per heavy atom. The average molecular weight is 589 g/mol. The number of ether oxygens (including phenoxy) is 1. The second-order valence-corrected chi connectivity index (χ2v) is 10.0. The van der Waals surface area contributed by atoms with E-state index in [2.05, 4.69) is 0 Å². The molecule has 226 valence electrons. The van der Waals surface area contributed by atoms with Crippen LogP contribution in [-0.4, -0.2) is 52.0 Å². The predicted octanol–water partition coefficient (Wildman–Crippen LogP) is 6.61. The third-order valence-corrected chi connectivity index (χ3v) is 7.27. The number of aliphatic hydroxyl groups excluding tert-OH is 1. The zero-order valence-corrected chi connectivity index (χ0v) is 23.2. The fourth-order valence-corrected chi connectivity index (χ4v) is 4.66. The Morgan fingerprint density at radius 3 is 1.93 bits per heavy atom. The van der Waals surface area contributed by atoms with E-state index in [1.54, 1.807) is 18.2 Å². The summed E-state index contributed by atoms with van der Waals surface area (Å²) in [5, 5.41) is 28.1. The van der Waals surface area contributed by atoms with Crippen molar-refractivity contribution in [1.29, 1.82) is 0 Å². The first-order chi connectivity index (χ1) is 18.9. The van der Waals surface area contributed by atoms with Crippen molar-refractivity contribution in [3.8, 4) is 17.6 Å². The van der Waals surface area contributed by atoms with Crippen LogP contribution in [0.3, 0.4) is 0 Å². The molecule has 2 aromatic carbocycles. The monoisotopic (exact) mass is 588 g/mol. The maximum atomic E-state index is 13.0. The molecule has 3 N–H and O–H groups in total. The fraction of sp³-hybridized carbons (Fsp3) is 0.500. The van der Waals surface area contributed by atoms with Crippen LogP contribution in [0.5, 0.6) is 5.75 Å². The zero-order valence-electron chi connectivity index (χ0n) is 23.2. The summed E-state index contributed by atoms with van der Waals surface area (Å²) in [7, 11) is 0. The van der Waals surface area contributed by atoms with Gasteiger partial charge in [-0.25, -0.2) is 0 Å². The second-order valence-electron chi connectivity index (χ2n) is 10.0. The van der Waals surface area contributed by atoms with Crippen molar-refractivity contribution in [2.24, 2.45) is 0 Å². The van der Waals surface area contributed by atoms with E-state index in [-0.39, 0.29) is 25.0 Å². The third-order valence-electron chi connectivity index (χ3n) is 7.27. The van der Waals surface area contributed by atoms with Crippen LogP contribution in [0.1, 0.15) is 73.8 Å². The minimum absolute atomic E-state index is 0.00794. The van der Waals surface area contributed by atoms with E-state index >= 15 is 0 Å². The van der Waals surface area contributed by atoms with E-state index in [9.17, 15) is 41.4 Å². The van der Waals surface area contributed by atoms with Gasteiger partial charge in [0.1, 0.15) is 12.4 Å². The number of carboxylic acids is 1. The summed E-state index contributed by atoms with van der Waals surface area (Å²) in [6, 6.07) is 10.2. The number of aliphatic carboxylic acids is 1. The van der Waals surface area contributed by atoms with Crippen LogP contribution in [0, 0.1) is 25.7 Å². The van der Waals surface area contributed by atoms with E-state index in [1.165, 1.54) is 13.0 Å². The number of carboxylic acid groups (broad SMARTS) is 1. The fourth-order valence-electron chi connectivity index (χ4n) is 4.66. The molecule has 2 rings (SSSR count). The first-order valence-electron chi connectivity index (χ1n) is 13.1. The highest BCUT2D eigenvalue weighted by Gasteiger charge is 2.70. The quantitative estimate of drug-likeness (QED) is 0.203. The average Bonchev–Trinajstić information content (AvgIpc) is 2.87. The Bertz CT molecular complexity index is 1250. The molecule has 1 atom stereocenters. The van der Waals surface area contributed by atoms with Gasteiger partial charge >= 0.3 is 23.9 Å². The summed E-state index contributed by atoms with van der Waals surface area (Å²) < 4.78 is 83.8. The molecule has 2 aromatic rings. The number of halogens is 6. The van der Waals surface area contributed by atoms with Crippen LogP contribution in [0.4, 0.5) is 26.3 Å². The highest BCUT2D eigenvalue weighted by molar-refractivity contribution is 5.66. The van der Waals surface area contributed by atoms with Gasteiger partial charge in [-0.3, -0.25) is 4.79 Å². The molecule has 0 radical (unpaired) electrons. The summed E-state index contributed by atoms with van der Waals surface area (Å²) >= 11 is 0. The number of alkyl halides is 6. The first kappa shape index (κ1) is 34.0. The third kappa shape index (κ3) is 7.74. The molecule has 0 amide bonds. The van der Waals surface area contributed by atoms with Gasteiger partial charge in [-0.1, -0.05) is 44.0 Å². The molecule has 0 heterocycles. The number of carbonyl (C=O) groups is 1. The van der Waals surface area contributed by atoms with Crippen LogP contribution in [0.25, 0.3) is 0 Å². The standard InChI is InChI=1S/C30H34F6O5/c1-5-27(6-2,23-12-13-25(20(4)17-23)41-18-24(37)8-7-9-26(38)39)22-11-10-21(19(3)16-22)14-15-28(40,29(31,32)33)30(34,35)36/h10-13,16-17,24,37,40H,5-9,18H2,1-4H3,(H,38,39)/t24-/m0/s1. The second kappa shape index (κ2) is 13.2. The lowest BCUT2D eigenvalue weighted by molar-refractivity contribution is -0.343. The normalized spacial score (nSPS) is 13.4. The van der Waals surface area contributed by atoms with Crippen LogP contribution < -0.4 is 4.74 Å². The Hall–Kier alpha value is -3.23. The van der Waals surface area contributed by atoms with E-state index in [1.807, 2.05) is 38.8 Å². The predicted molar refractivity (Wildman–Crippen MR) is 141 cm³/mol. The number of rotatable bonds is 11. The van der Waals surface area contributed by atoms with Gasteiger partial charge in [0, 0.05) is 17.4 Å². The van der Waals surface area contributed by atoms with Crippen molar-refractivity contribution in [3.05, 3.63) is 64.2 Å². The van der Waals surface area contributed by atoms with Gasteiger partial charge in [-0.15, -0.1) is 0 Å². The van der Waals surface area contributed by atoms with Gasteiger partial charge in [-0.05, 0) is 79.8 Å². The lowest BCUT2D eigenvalue weighted by atomic mass is 9.70. The largest absolute Gasteiger partial charge is 0.491 e. The molecule has 0 saturated carbocycles. The number of hydrogen-bond acceptors (Lipinski definition) is 4. The maximum Gasteiger partial charge on any atom is 0.438 e. The van der Waals surface area contributed by atoms with Crippen molar-refractivity contribution >= 4 is 5.97 Å². The smallest absolute Gasteiger partial charge is 0.438 e. The van der Waals surface area contributed by atoms with Gasteiger partial charge in [0.15, 0.2) is 0 Å². The highest BCUT2D eigenvalue weighted by atomic mass is 19.4. The van der Waals surface area contributed by atoms with Crippen molar-refractivity contribution < 1.29 is 51.2 Å². The molecule has 0 aliphatic rings. The number of benzene rings is 2. The summed E-state index contributed by atoms with van der Waals surface area (Å²) in [5.41, 5.74) is -2.95. The van der Waals surface area contributed by atoms with Crippen molar-refractivity contribution in [2.45, 2.75) is 89.3 Å². The molecular weight excluding hydrogens is 554 g/mol. The van der Waals surface area contributed by atoms with E-state index in [4.69, 9.17) is 9.84 Å². The van der Waals surface area contributed by atoms with E-state index < -0.39 is 35.4 Å². The van der Waals surface area contributed by atoms with Crippen LogP contribution in [0.15, 0.2) is 36.4 Å². The van der Waals surface area contributed by atoms with Gasteiger partial charge < -0.3 is 20.1 Å². The lowest BCUT2D eigenvalue weighted by Crippen LogP contribution is -2.55. The molecule has 11 heteroatoms. The minimum Gasteiger partial charge on any atom is -0.491 e. The number of aryl methyl sites for hydroxylation is 2. The number of aliphatic hydroxyl groups is 2. The number of hydrogen-bond donors (Lipinski definition) is 3. The molecule has 0 unspecified atom stereocenters. The first-order valence-corrected chi connectivity index (χ1v) is 13.1. The van der Waals surface area contributed by atoms with Crippen molar-refractivity contribution in [1.82, 2.24) is 0 Å². The maximum absolute atomic E-state index is 13.0. The zero-order chi connectivity index (χ0) is 31.2. The summed E-state index contributed by atoms with van der Waals surface area (Å²) in [4.78, 5) is 10.6. The Labute approximate surface area is 235 Å². The minimum atomic E-state index is -6.03. The van der Waals surface area contributed by atoms with Gasteiger partial charge in [0.05, 0.1) is 6.10 Å². The van der Waals surface area contributed by atoms with Crippen LogP contribution >= 0.6 is 0 Å². The Morgan fingerprint density at radius 1 is 0.927 bits per heavy atom. The van der Waals surface area contributed by atoms with Gasteiger partial charge in [-0.2, -0.15) is 26.3 Å². The van der Waals surface area contributed by atoms with Crippen LogP contribution in [0.2, 0.25) is 0 Å². The molecule has 41 heavy (non-hydrogen) atoms. The topological polar surface area (TPSA) is 87.0 Å².